The van der Waals surface area contributed by atoms with E-state index in [1.54, 1.807) is 11.8 Å². The minimum Gasteiger partial charge on any atom is -0.493 e. The van der Waals surface area contributed by atoms with Crippen LogP contribution in [0.1, 0.15) is 6.92 Å². The quantitative estimate of drug-likeness (QED) is 0.786. The van der Waals surface area contributed by atoms with E-state index >= 15 is 0 Å². The fraction of sp³-hybridized carbons (Fsp3) is 0.417. The van der Waals surface area contributed by atoms with Crippen LogP contribution in [-0.2, 0) is 4.79 Å². The molecule has 0 aliphatic rings. The molecule has 0 aromatic heterocycles. The van der Waals surface area contributed by atoms with Crippen LogP contribution in [-0.4, -0.2) is 30.6 Å². The third-order valence-corrected chi connectivity index (χ3v) is 3.35. The molecule has 1 rings (SSSR count). The molecule has 0 fully saturated rings. The summed E-state index contributed by atoms with van der Waals surface area (Å²) in [5.41, 5.74) is 0. The third kappa shape index (κ3) is 7.28. The SMILES string of the molecule is CC(=O)NCCSCCOc1cccc(Br)c1. The Morgan fingerprint density at radius 2 is 2.29 bits per heavy atom. The Kier molecular flexibility index (Phi) is 7.12. The number of ether oxygens (including phenoxy) is 1. The lowest BCUT2D eigenvalue weighted by Crippen LogP contribution is -2.22. The molecule has 17 heavy (non-hydrogen) atoms. The van der Waals surface area contributed by atoms with E-state index in [1.807, 2.05) is 24.3 Å². The number of rotatable bonds is 7. The molecule has 0 heterocycles. The topological polar surface area (TPSA) is 38.3 Å². The maximum atomic E-state index is 10.6. The van der Waals surface area contributed by atoms with E-state index in [0.29, 0.717) is 6.61 Å². The summed E-state index contributed by atoms with van der Waals surface area (Å²) in [6.07, 6.45) is 0. The summed E-state index contributed by atoms with van der Waals surface area (Å²) in [5, 5.41) is 2.75. The van der Waals surface area contributed by atoms with Gasteiger partial charge in [-0.15, -0.1) is 0 Å². The van der Waals surface area contributed by atoms with Crippen molar-refractivity contribution in [2.24, 2.45) is 0 Å². The van der Waals surface area contributed by atoms with Gasteiger partial charge in [-0.25, -0.2) is 0 Å². The van der Waals surface area contributed by atoms with E-state index in [4.69, 9.17) is 4.74 Å². The van der Waals surface area contributed by atoms with Gasteiger partial charge in [0.05, 0.1) is 6.61 Å². The Labute approximate surface area is 114 Å². The van der Waals surface area contributed by atoms with Gasteiger partial charge in [0.2, 0.25) is 5.91 Å². The largest absolute Gasteiger partial charge is 0.493 e. The predicted molar refractivity (Wildman–Crippen MR) is 75.6 cm³/mol. The Hall–Kier alpha value is -0.680. The van der Waals surface area contributed by atoms with Gasteiger partial charge in [0.1, 0.15) is 5.75 Å². The maximum Gasteiger partial charge on any atom is 0.216 e. The number of thioether (sulfide) groups is 1. The van der Waals surface area contributed by atoms with Gasteiger partial charge in [-0.3, -0.25) is 4.79 Å². The Balaban J connectivity index is 2.03. The fourth-order valence-corrected chi connectivity index (χ4v) is 2.21. The zero-order valence-corrected chi connectivity index (χ0v) is 12.1. The first-order valence-corrected chi connectivity index (χ1v) is 7.34. The Morgan fingerprint density at radius 1 is 1.47 bits per heavy atom. The summed E-state index contributed by atoms with van der Waals surface area (Å²) < 4.78 is 6.60. The van der Waals surface area contributed by atoms with Crippen LogP contribution >= 0.6 is 27.7 Å². The van der Waals surface area contributed by atoms with Crippen LogP contribution in [0.5, 0.6) is 5.75 Å². The van der Waals surface area contributed by atoms with Crippen molar-refractivity contribution in [2.45, 2.75) is 6.92 Å². The molecule has 3 nitrogen and oxygen atoms in total. The molecule has 0 bridgehead atoms. The number of carbonyl (C=O) groups excluding carboxylic acids is 1. The van der Waals surface area contributed by atoms with E-state index in [0.717, 1.165) is 28.3 Å². The number of carbonyl (C=O) groups is 1. The first-order chi connectivity index (χ1) is 8.18. The standard InChI is InChI=1S/C12H16BrNO2S/c1-10(15)14-5-7-17-8-6-16-12-4-2-3-11(13)9-12/h2-4,9H,5-8H2,1H3,(H,14,15). The van der Waals surface area contributed by atoms with Gasteiger partial charge in [-0.2, -0.15) is 11.8 Å². The summed E-state index contributed by atoms with van der Waals surface area (Å²) in [7, 11) is 0. The van der Waals surface area contributed by atoms with Gasteiger partial charge in [0.25, 0.3) is 0 Å². The van der Waals surface area contributed by atoms with E-state index in [2.05, 4.69) is 21.2 Å². The second-order valence-electron chi connectivity index (χ2n) is 3.40. The van der Waals surface area contributed by atoms with Crippen LogP contribution in [0.3, 0.4) is 0 Å². The monoisotopic (exact) mass is 317 g/mol. The number of benzene rings is 1. The lowest BCUT2D eigenvalue weighted by molar-refractivity contribution is -0.118. The Bertz CT molecular complexity index is 360. The Morgan fingerprint density at radius 3 is 3.00 bits per heavy atom. The van der Waals surface area contributed by atoms with E-state index in [9.17, 15) is 4.79 Å². The smallest absolute Gasteiger partial charge is 0.216 e. The van der Waals surface area contributed by atoms with Crippen LogP contribution in [0, 0.1) is 0 Å². The highest BCUT2D eigenvalue weighted by atomic mass is 79.9. The minimum atomic E-state index is 0.0241. The minimum absolute atomic E-state index is 0.0241. The molecular weight excluding hydrogens is 302 g/mol. The van der Waals surface area contributed by atoms with Crippen LogP contribution in [0.15, 0.2) is 28.7 Å². The molecule has 0 atom stereocenters. The zero-order valence-electron chi connectivity index (χ0n) is 9.74. The molecule has 0 radical (unpaired) electrons. The van der Waals surface area contributed by atoms with E-state index in [-0.39, 0.29) is 5.91 Å². The van der Waals surface area contributed by atoms with E-state index in [1.165, 1.54) is 6.92 Å². The average molecular weight is 318 g/mol. The highest BCUT2D eigenvalue weighted by Gasteiger charge is 1.95. The molecule has 0 saturated heterocycles. The average Bonchev–Trinajstić information content (AvgIpc) is 2.27. The van der Waals surface area contributed by atoms with Crippen molar-refractivity contribution in [3.8, 4) is 5.75 Å². The predicted octanol–water partition coefficient (Wildman–Crippen LogP) is 2.70. The lowest BCUT2D eigenvalue weighted by Gasteiger charge is -2.06. The lowest BCUT2D eigenvalue weighted by atomic mass is 10.3. The summed E-state index contributed by atoms with van der Waals surface area (Å²) >= 11 is 5.16. The van der Waals surface area contributed by atoms with Crippen molar-refractivity contribution in [3.05, 3.63) is 28.7 Å². The second kappa shape index (κ2) is 8.42. The third-order valence-electron chi connectivity index (χ3n) is 1.91. The maximum absolute atomic E-state index is 10.6. The molecule has 5 heteroatoms. The first-order valence-electron chi connectivity index (χ1n) is 5.39. The highest BCUT2D eigenvalue weighted by Crippen LogP contribution is 2.17. The van der Waals surface area contributed by atoms with Crippen molar-refractivity contribution in [1.82, 2.24) is 5.32 Å². The number of nitrogens with one attached hydrogen (secondary N) is 1. The van der Waals surface area contributed by atoms with Crippen LogP contribution in [0.4, 0.5) is 0 Å². The van der Waals surface area contributed by atoms with Gasteiger partial charge < -0.3 is 10.1 Å². The van der Waals surface area contributed by atoms with Crippen molar-refractivity contribution < 1.29 is 9.53 Å². The van der Waals surface area contributed by atoms with Gasteiger partial charge >= 0.3 is 0 Å². The van der Waals surface area contributed by atoms with Gasteiger partial charge in [0.15, 0.2) is 0 Å². The first kappa shape index (κ1) is 14.4. The summed E-state index contributed by atoms with van der Waals surface area (Å²) in [6.45, 7) is 2.93. The number of halogens is 1. The van der Waals surface area contributed by atoms with Crippen LogP contribution < -0.4 is 10.1 Å². The summed E-state index contributed by atoms with van der Waals surface area (Å²) in [6, 6.07) is 7.80. The molecule has 0 spiro atoms. The molecular formula is C12H16BrNO2S. The van der Waals surface area contributed by atoms with Gasteiger partial charge in [0, 0.05) is 29.4 Å². The zero-order chi connectivity index (χ0) is 12.5. The van der Waals surface area contributed by atoms with Gasteiger partial charge in [-0.05, 0) is 18.2 Å². The van der Waals surface area contributed by atoms with Crippen molar-refractivity contribution in [3.63, 3.8) is 0 Å². The molecule has 1 amide bonds. The van der Waals surface area contributed by atoms with Crippen LogP contribution in [0.2, 0.25) is 0 Å². The molecule has 94 valence electrons. The number of amides is 1. The molecule has 0 saturated carbocycles. The highest BCUT2D eigenvalue weighted by molar-refractivity contribution is 9.10. The summed E-state index contributed by atoms with van der Waals surface area (Å²) in [5.74, 6) is 2.74. The summed E-state index contributed by atoms with van der Waals surface area (Å²) in [4.78, 5) is 10.6. The van der Waals surface area contributed by atoms with Crippen molar-refractivity contribution >= 4 is 33.6 Å². The fourth-order valence-electron chi connectivity index (χ4n) is 1.18. The molecule has 1 aromatic carbocycles. The molecule has 0 aliphatic carbocycles. The number of hydrogen-bond acceptors (Lipinski definition) is 3. The molecule has 0 unspecified atom stereocenters. The van der Waals surface area contributed by atoms with Crippen molar-refractivity contribution in [1.29, 1.82) is 0 Å². The van der Waals surface area contributed by atoms with Gasteiger partial charge in [-0.1, -0.05) is 22.0 Å². The second-order valence-corrected chi connectivity index (χ2v) is 5.54. The molecule has 0 aliphatic heterocycles. The van der Waals surface area contributed by atoms with Crippen LogP contribution in [0.25, 0.3) is 0 Å². The normalized spacial score (nSPS) is 10.0. The van der Waals surface area contributed by atoms with E-state index < -0.39 is 0 Å². The van der Waals surface area contributed by atoms with Crippen molar-refractivity contribution in [2.75, 3.05) is 24.7 Å². The molecule has 1 aromatic rings. The number of hydrogen-bond donors (Lipinski definition) is 1. The molecule has 1 N–H and O–H groups in total.